The summed E-state index contributed by atoms with van der Waals surface area (Å²) in [5, 5.41) is 7.31. The van der Waals surface area contributed by atoms with Crippen molar-refractivity contribution in [2.75, 3.05) is 32.8 Å². The summed E-state index contributed by atoms with van der Waals surface area (Å²) in [6.07, 6.45) is 0.0621. The largest absolute Gasteiger partial charge is 0.374 e. The number of carbonyl (C=O) groups is 1. The minimum Gasteiger partial charge on any atom is -0.374 e. The van der Waals surface area contributed by atoms with Gasteiger partial charge in [0.1, 0.15) is 0 Å². The summed E-state index contributed by atoms with van der Waals surface area (Å²) >= 11 is 3.41. The van der Waals surface area contributed by atoms with Crippen molar-refractivity contribution in [2.45, 2.75) is 30.6 Å². The van der Waals surface area contributed by atoms with Crippen LogP contribution in [0, 0.1) is 5.92 Å². The van der Waals surface area contributed by atoms with E-state index in [-0.39, 0.29) is 12.0 Å². The fourth-order valence-corrected chi connectivity index (χ4v) is 4.97. The number of carbonyl (C=O) groups excluding carboxylic acids is 1. The minimum atomic E-state index is -0.0204. The van der Waals surface area contributed by atoms with Gasteiger partial charge in [-0.2, -0.15) is 11.3 Å². The molecule has 1 aromatic heterocycles. The maximum absolute atomic E-state index is 12.7. The lowest BCUT2D eigenvalue weighted by atomic mass is 10.1. The number of nitrogens with one attached hydrogen (secondary N) is 1. The molecule has 4 nitrogen and oxygen atoms in total. The molecule has 1 aromatic carbocycles. The average Bonchev–Trinajstić information content (AvgIpc) is 3.18. The van der Waals surface area contributed by atoms with E-state index in [1.54, 1.807) is 23.1 Å². The molecule has 2 aromatic rings. The summed E-state index contributed by atoms with van der Waals surface area (Å²) in [7, 11) is 0. The molecule has 3 rings (SSSR count). The summed E-state index contributed by atoms with van der Waals surface area (Å²) < 4.78 is 5.84. The molecule has 0 aliphatic carbocycles. The molecule has 27 heavy (non-hydrogen) atoms. The van der Waals surface area contributed by atoms with Crippen molar-refractivity contribution in [3.63, 3.8) is 0 Å². The molecule has 0 bridgehead atoms. The Kier molecular flexibility index (Phi) is 7.76. The lowest BCUT2D eigenvalue weighted by molar-refractivity contribution is -0.0295. The number of hydrogen-bond donors (Lipinski definition) is 1. The molecule has 1 atom stereocenters. The number of nitrogens with zero attached hydrogens (tertiary/aromatic N) is 1. The third kappa shape index (κ3) is 6.35. The normalized spacial score (nSPS) is 18.0. The topological polar surface area (TPSA) is 41.6 Å². The third-order valence-corrected chi connectivity index (χ3v) is 6.32. The van der Waals surface area contributed by atoms with Crippen LogP contribution >= 0.6 is 23.1 Å². The van der Waals surface area contributed by atoms with Gasteiger partial charge in [0.15, 0.2) is 0 Å². The molecular formula is C21H28N2O2S2. The number of thiophene rings is 1. The fraction of sp³-hybridized carbons (Fsp3) is 0.476. The zero-order valence-corrected chi connectivity index (χ0v) is 17.7. The van der Waals surface area contributed by atoms with Crippen LogP contribution in [0.25, 0.3) is 0 Å². The number of rotatable bonds is 8. The van der Waals surface area contributed by atoms with Crippen LogP contribution in [0.15, 0.2) is 46.0 Å². The quantitative estimate of drug-likeness (QED) is 0.672. The van der Waals surface area contributed by atoms with Crippen LogP contribution in [0.2, 0.25) is 0 Å². The molecule has 1 aliphatic heterocycles. The summed E-state index contributed by atoms with van der Waals surface area (Å²) in [6, 6.07) is 9.96. The third-order valence-electron chi connectivity index (χ3n) is 4.44. The van der Waals surface area contributed by atoms with Crippen molar-refractivity contribution in [3.8, 4) is 0 Å². The first-order valence-electron chi connectivity index (χ1n) is 9.47. The highest BCUT2D eigenvalue weighted by Crippen LogP contribution is 2.27. The van der Waals surface area contributed by atoms with Gasteiger partial charge in [0, 0.05) is 36.8 Å². The van der Waals surface area contributed by atoms with Crippen molar-refractivity contribution in [3.05, 3.63) is 52.2 Å². The van der Waals surface area contributed by atoms with Gasteiger partial charge in [0.25, 0.3) is 5.91 Å². The molecule has 146 valence electrons. The maximum atomic E-state index is 12.7. The predicted octanol–water partition coefficient (Wildman–Crippen LogP) is 4.13. The van der Waals surface area contributed by atoms with Crippen LogP contribution in [0.4, 0.5) is 0 Å². The maximum Gasteiger partial charge on any atom is 0.252 e. The highest BCUT2D eigenvalue weighted by Gasteiger charge is 2.22. The van der Waals surface area contributed by atoms with E-state index in [9.17, 15) is 4.79 Å². The Bertz CT molecular complexity index is 719. The highest BCUT2D eigenvalue weighted by atomic mass is 32.2. The van der Waals surface area contributed by atoms with E-state index in [1.807, 2.05) is 24.3 Å². The average molecular weight is 405 g/mol. The standard InChI is InChI=1S/C21H28N2O2S2/c1-16(2)12-23-8-9-25-18(13-23)11-22-21(24)19-5-3-4-6-20(19)27-15-17-7-10-26-14-17/h3-7,10,14,16,18H,8-9,11-13,15H2,1-2H3,(H,22,24). The van der Waals surface area contributed by atoms with Gasteiger partial charge in [0.2, 0.25) is 0 Å². The Hall–Kier alpha value is -1.34. The van der Waals surface area contributed by atoms with E-state index in [0.29, 0.717) is 12.5 Å². The summed E-state index contributed by atoms with van der Waals surface area (Å²) in [4.78, 5) is 16.2. The highest BCUT2D eigenvalue weighted by molar-refractivity contribution is 7.98. The molecule has 1 saturated heterocycles. The first-order valence-corrected chi connectivity index (χ1v) is 11.4. The molecule has 1 fully saturated rings. The second kappa shape index (κ2) is 10.3. The van der Waals surface area contributed by atoms with Crippen LogP contribution in [-0.4, -0.2) is 49.7 Å². The van der Waals surface area contributed by atoms with E-state index in [1.165, 1.54) is 5.56 Å². The lowest BCUT2D eigenvalue weighted by Crippen LogP contribution is -2.48. The fourth-order valence-electron chi connectivity index (χ4n) is 3.20. The van der Waals surface area contributed by atoms with Crippen LogP contribution in [0.1, 0.15) is 29.8 Å². The van der Waals surface area contributed by atoms with Crippen molar-refractivity contribution >= 4 is 29.0 Å². The molecule has 1 unspecified atom stereocenters. The van der Waals surface area contributed by atoms with Gasteiger partial charge in [0.05, 0.1) is 18.3 Å². The smallest absolute Gasteiger partial charge is 0.252 e. The Labute approximate surface area is 170 Å². The first kappa shape index (κ1) is 20.4. The number of thioether (sulfide) groups is 1. The number of morpholine rings is 1. The SMILES string of the molecule is CC(C)CN1CCOC(CNC(=O)c2ccccc2SCc2ccsc2)C1. The number of hydrogen-bond acceptors (Lipinski definition) is 5. The van der Waals surface area contributed by atoms with Crippen LogP contribution in [0.3, 0.4) is 0 Å². The van der Waals surface area contributed by atoms with Gasteiger partial charge >= 0.3 is 0 Å². The van der Waals surface area contributed by atoms with Gasteiger partial charge in [-0.3, -0.25) is 9.69 Å². The van der Waals surface area contributed by atoms with Crippen molar-refractivity contribution in [2.24, 2.45) is 5.92 Å². The van der Waals surface area contributed by atoms with E-state index < -0.39 is 0 Å². The Morgan fingerprint density at radius 2 is 2.22 bits per heavy atom. The molecule has 0 saturated carbocycles. The van der Waals surface area contributed by atoms with Crippen molar-refractivity contribution < 1.29 is 9.53 Å². The molecule has 6 heteroatoms. The molecule has 1 N–H and O–H groups in total. The second-order valence-corrected chi connectivity index (χ2v) is 9.07. The molecular weight excluding hydrogens is 376 g/mol. The predicted molar refractivity (Wildman–Crippen MR) is 114 cm³/mol. The number of benzene rings is 1. The molecule has 2 heterocycles. The zero-order chi connectivity index (χ0) is 19.1. The Balaban J connectivity index is 1.53. The van der Waals surface area contributed by atoms with E-state index in [4.69, 9.17) is 4.74 Å². The van der Waals surface area contributed by atoms with Gasteiger partial charge in [-0.15, -0.1) is 11.8 Å². The van der Waals surface area contributed by atoms with Crippen molar-refractivity contribution in [1.29, 1.82) is 0 Å². The van der Waals surface area contributed by atoms with Crippen LogP contribution in [-0.2, 0) is 10.5 Å². The van der Waals surface area contributed by atoms with Crippen LogP contribution in [0.5, 0.6) is 0 Å². The Morgan fingerprint density at radius 1 is 1.37 bits per heavy atom. The summed E-state index contributed by atoms with van der Waals surface area (Å²) in [5.41, 5.74) is 2.04. The van der Waals surface area contributed by atoms with E-state index >= 15 is 0 Å². The molecule has 1 aliphatic rings. The minimum absolute atomic E-state index is 0.0204. The van der Waals surface area contributed by atoms with E-state index in [0.717, 1.165) is 42.5 Å². The molecule has 1 amide bonds. The first-order chi connectivity index (χ1) is 13.1. The Morgan fingerprint density at radius 3 is 3.00 bits per heavy atom. The lowest BCUT2D eigenvalue weighted by Gasteiger charge is -2.34. The molecule has 0 spiro atoms. The zero-order valence-electron chi connectivity index (χ0n) is 16.0. The number of ether oxygens (including phenoxy) is 1. The second-order valence-electron chi connectivity index (χ2n) is 7.27. The van der Waals surface area contributed by atoms with Gasteiger partial charge in [-0.25, -0.2) is 0 Å². The van der Waals surface area contributed by atoms with Gasteiger partial charge in [-0.1, -0.05) is 26.0 Å². The summed E-state index contributed by atoms with van der Waals surface area (Å²) in [5.74, 6) is 1.50. The summed E-state index contributed by atoms with van der Waals surface area (Å²) in [6.45, 7) is 8.69. The number of amides is 1. The monoisotopic (exact) mass is 404 g/mol. The molecule has 0 radical (unpaired) electrons. The van der Waals surface area contributed by atoms with Crippen molar-refractivity contribution in [1.82, 2.24) is 10.2 Å². The van der Waals surface area contributed by atoms with Gasteiger partial charge in [-0.05, 0) is 40.4 Å². The van der Waals surface area contributed by atoms with Crippen LogP contribution < -0.4 is 5.32 Å². The van der Waals surface area contributed by atoms with Gasteiger partial charge < -0.3 is 10.1 Å². The van der Waals surface area contributed by atoms with E-state index in [2.05, 4.69) is 40.9 Å².